The molecule has 0 saturated heterocycles. The van der Waals surface area contributed by atoms with Gasteiger partial charge in [-0.15, -0.1) is 5.54 Å². The molecule has 202 valence electrons. The van der Waals surface area contributed by atoms with Gasteiger partial charge in [0.1, 0.15) is 8.07 Å². The van der Waals surface area contributed by atoms with Gasteiger partial charge in [0.15, 0.2) is 8.32 Å². The van der Waals surface area contributed by atoms with Gasteiger partial charge >= 0.3 is 0 Å². The van der Waals surface area contributed by atoms with E-state index in [1.807, 2.05) is 12.2 Å². The fourth-order valence-corrected chi connectivity index (χ4v) is 11.8. The Morgan fingerprint density at radius 1 is 1.03 bits per heavy atom. The van der Waals surface area contributed by atoms with Crippen molar-refractivity contribution in [2.45, 2.75) is 154 Å². The summed E-state index contributed by atoms with van der Waals surface area (Å²) >= 11 is 0. The third-order valence-corrected chi connectivity index (χ3v) is 19.3. The van der Waals surface area contributed by atoms with Gasteiger partial charge in [-0.1, -0.05) is 93.4 Å². The number of hydrogen-bond acceptors (Lipinski definition) is 3. The van der Waals surface area contributed by atoms with Gasteiger partial charge < -0.3 is 14.3 Å². The van der Waals surface area contributed by atoms with Crippen LogP contribution in [0.5, 0.6) is 0 Å². The summed E-state index contributed by atoms with van der Waals surface area (Å²) < 4.78 is 13.3. The smallest absolute Gasteiger partial charge is 0.192 e. The monoisotopic (exact) mass is 520 g/mol. The maximum Gasteiger partial charge on any atom is 0.192 e. The van der Waals surface area contributed by atoms with Crippen LogP contribution in [0.2, 0.25) is 34.8 Å². The van der Waals surface area contributed by atoms with Crippen molar-refractivity contribution in [3.63, 3.8) is 0 Å². The molecule has 1 N–H and O–H groups in total. The first kappa shape index (κ1) is 32.4. The summed E-state index contributed by atoms with van der Waals surface area (Å²) in [6, 6.07) is 0. The maximum absolute atomic E-state index is 11.0. The van der Waals surface area contributed by atoms with Gasteiger partial charge in [-0.05, 0) is 66.5 Å². The minimum Gasteiger partial charge on any atom is -0.411 e. The van der Waals surface area contributed by atoms with E-state index in [1.165, 1.54) is 0 Å². The summed E-state index contributed by atoms with van der Waals surface area (Å²) in [6.07, 6.45) is 10.6. The molecular formula is C30H56O3Si2. The summed E-state index contributed by atoms with van der Waals surface area (Å²) in [5.74, 6) is 3.37. The number of aliphatic hydroxyl groups is 1. The molecule has 0 aromatic rings. The summed E-state index contributed by atoms with van der Waals surface area (Å²) in [7, 11) is -3.63. The molecule has 0 saturated carbocycles. The molecule has 0 spiro atoms. The average molecular weight is 521 g/mol. The van der Waals surface area contributed by atoms with Crippen molar-refractivity contribution < 1.29 is 14.3 Å². The van der Waals surface area contributed by atoms with Crippen LogP contribution in [0, 0.1) is 11.5 Å². The van der Waals surface area contributed by atoms with E-state index in [2.05, 4.69) is 106 Å². The molecule has 4 atom stereocenters. The van der Waals surface area contributed by atoms with Crippen molar-refractivity contribution in [2.24, 2.45) is 0 Å². The lowest BCUT2D eigenvalue weighted by Crippen LogP contribution is -2.49. The van der Waals surface area contributed by atoms with Gasteiger partial charge in [-0.25, -0.2) is 0 Å². The predicted octanol–water partition coefficient (Wildman–Crippen LogP) is 8.42. The van der Waals surface area contributed by atoms with E-state index in [4.69, 9.17) is 9.16 Å². The van der Waals surface area contributed by atoms with E-state index >= 15 is 0 Å². The molecular weight excluding hydrogens is 464 g/mol. The highest BCUT2D eigenvalue weighted by atomic mass is 28.4. The third kappa shape index (κ3) is 8.71. The Bertz CT molecular complexity index is 728. The van der Waals surface area contributed by atoms with Gasteiger partial charge in [0, 0.05) is 0 Å². The van der Waals surface area contributed by atoms with Crippen LogP contribution >= 0.6 is 0 Å². The molecule has 1 aliphatic heterocycles. The summed E-state index contributed by atoms with van der Waals surface area (Å²) in [4.78, 5) is 0. The highest BCUT2D eigenvalue weighted by molar-refractivity contribution is 6.90. The van der Waals surface area contributed by atoms with Crippen molar-refractivity contribution in [1.29, 1.82) is 0 Å². The lowest BCUT2D eigenvalue weighted by Gasteiger charge is -2.42. The Morgan fingerprint density at radius 3 is 2.06 bits per heavy atom. The van der Waals surface area contributed by atoms with E-state index in [-0.39, 0.29) is 23.4 Å². The van der Waals surface area contributed by atoms with Crippen molar-refractivity contribution >= 4 is 16.4 Å². The van der Waals surface area contributed by atoms with E-state index < -0.39 is 22.5 Å². The zero-order chi connectivity index (χ0) is 27.0. The summed E-state index contributed by atoms with van der Waals surface area (Å²) in [5, 5.41) is 11.2. The molecule has 5 heteroatoms. The van der Waals surface area contributed by atoms with Gasteiger partial charge in [-0.2, -0.15) is 0 Å². The largest absolute Gasteiger partial charge is 0.411 e. The first-order chi connectivity index (χ1) is 16.1. The number of hydrogen-bond donors (Lipinski definition) is 1. The Balaban J connectivity index is 2.91. The molecule has 0 aromatic carbocycles. The molecule has 1 aliphatic rings. The topological polar surface area (TPSA) is 38.7 Å². The van der Waals surface area contributed by atoms with Crippen molar-refractivity contribution in [3.8, 4) is 11.5 Å². The average Bonchev–Trinajstić information content (AvgIpc) is 2.71. The van der Waals surface area contributed by atoms with Crippen LogP contribution in [0.1, 0.15) is 94.9 Å². The number of allylic oxidation sites excluding steroid dienone is 1. The molecule has 0 unspecified atom stereocenters. The molecule has 0 radical (unpaired) electrons. The zero-order valence-corrected chi connectivity index (χ0v) is 26.9. The Labute approximate surface area is 220 Å². The van der Waals surface area contributed by atoms with Crippen LogP contribution in [-0.4, -0.2) is 45.9 Å². The second-order valence-electron chi connectivity index (χ2n) is 12.9. The van der Waals surface area contributed by atoms with E-state index in [1.54, 1.807) is 0 Å². The van der Waals surface area contributed by atoms with Gasteiger partial charge in [0.05, 0.1) is 24.4 Å². The zero-order valence-electron chi connectivity index (χ0n) is 24.9. The fraction of sp³-hybridized carbons (Fsp3) is 0.800. The minimum absolute atomic E-state index is 0.00719. The molecule has 3 nitrogen and oxygen atoms in total. The van der Waals surface area contributed by atoms with E-state index in [0.29, 0.717) is 23.0 Å². The number of aliphatic hydroxyl groups excluding tert-OH is 1. The fourth-order valence-electron chi connectivity index (χ4n) is 5.28. The van der Waals surface area contributed by atoms with Crippen LogP contribution in [-0.2, 0) is 9.16 Å². The van der Waals surface area contributed by atoms with Crippen molar-refractivity contribution in [1.82, 2.24) is 0 Å². The molecule has 0 amide bonds. The van der Waals surface area contributed by atoms with Crippen LogP contribution in [0.4, 0.5) is 0 Å². The second-order valence-corrected chi connectivity index (χ2v) is 23.2. The van der Waals surface area contributed by atoms with Crippen LogP contribution in [0.15, 0.2) is 24.3 Å². The molecule has 1 rings (SSSR count). The SMILES string of the molecule is CC[C@H]1O[C@@H]([C@H](O)C/C=C/C#C[Si](C(C)C)(C(C)C)C(C)C)C/C=C\C[C@H]1O[Si](C)(C)C(C)(C)C. The van der Waals surface area contributed by atoms with Crippen molar-refractivity contribution in [3.05, 3.63) is 24.3 Å². The second kappa shape index (κ2) is 13.8. The Hall–Kier alpha value is -0.646. The lowest BCUT2D eigenvalue weighted by atomic mass is 10.0. The Morgan fingerprint density at radius 2 is 1.57 bits per heavy atom. The lowest BCUT2D eigenvalue weighted by molar-refractivity contribution is -0.112. The first-order valence-corrected chi connectivity index (χ1v) is 19.1. The molecule has 0 aromatic heterocycles. The number of rotatable bonds is 9. The van der Waals surface area contributed by atoms with Gasteiger partial charge in [0.2, 0.25) is 0 Å². The van der Waals surface area contributed by atoms with Crippen molar-refractivity contribution in [2.75, 3.05) is 0 Å². The van der Waals surface area contributed by atoms with Crippen LogP contribution < -0.4 is 0 Å². The molecule has 0 aliphatic carbocycles. The highest BCUT2D eigenvalue weighted by Gasteiger charge is 2.42. The molecule has 35 heavy (non-hydrogen) atoms. The minimum atomic E-state index is -1.91. The standard InChI is InChI=1S/C30H56O3Si2/c1-13-27-29(33-34(11,12)30(8,9)10)21-17-16-20-28(32-27)26(31)19-15-14-18-22-35(23(2)3,24(4)5)25(6)7/h14-17,23-29,31H,13,19-21H2,1-12H3/b15-14+,17-16-/t26-,27-,28-,29-/m1/s1. The molecule has 0 fully saturated rings. The van der Waals surface area contributed by atoms with Crippen LogP contribution in [0.25, 0.3) is 0 Å². The third-order valence-electron chi connectivity index (χ3n) is 8.48. The normalized spacial score (nSPS) is 24.4. The first-order valence-electron chi connectivity index (χ1n) is 13.9. The number of ether oxygens (including phenoxy) is 1. The van der Waals surface area contributed by atoms with E-state index in [0.717, 1.165) is 19.3 Å². The Kier molecular flexibility index (Phi) is 12.7. The predicted molar refractivity (Wildman–Crippen MR) is 158 cm³/mol. The summed E-state index contributed by atoms with van der Waals surface area (Å²) in [6.45, 7) is 27.6. The van der Waals surface area contributed by atoms with E-state index in [9.17, 15) is 5.11 Å². The molecule has 1 heterocycles. The summed E-state index contributed by atoms with van der Waals surface area (Å²) in [5.41, 5.74) is 5.59. The highest BCUT2D eigenvalue weighted by Crippen LogP contribution is 2.41. The maximum atomic E-state index is 11.0. The van der Waals surface area contributed by atoms with Gasteiger partial charge in [-0.3, -0.25) is 0 Å². The molecule has 0 bridgehead atoms. The van der Waals surface area contributed by atoms with Crippen LogP contribution in [0.3, 0.4) is 0 Å². The quantitative estimate of drug-likeness (QED) is 0.188. The van der Waals surface area contributed by atoms with Gasteiger partial charge in [0.25, 0.3) is 0 Å².